The summed E-state index contributed by atoms with van der Waals surface area (Å²) in [7, 11) is 0. The first-order valence-corrected chi connectivity index (χ1v) is 12.5. The van der Waals surface area contributed by atoms with Crippen molar-refractivity contribution in [3.05, 3.63) is 0 Å². The lowest BCUT2D eigenvalue weighted by molar-refractivity contribution is 0.404. The van der Waals surface area contributed by atoms with Crippen molar-refractivity contribution in [2.45, 2.75) is 136 Å². The van der Waals surface area contributed by atoms with E-state index >= 15 is 0 Å². The molecule has 3 nitrogen and oxygen atoms in total. The lowest BCUT2D eigenvalue weighted by Crippen LogP contribution is -2.42. The standard InChI is InChI=1S/C24H53N3/c1-3-5-6-7-8-9-10-11-12-13-14-15-16-17-18-19-22-26-24(4-2)27-23-20-21-25/h24,26-27H,3-23,25H2,1-2H3. The van der Waals surface area contributed by atoms with E-state index < -0.39 is 0 Å². The van der Waals surface area contributed by atoms with Crippen LogP contribution in [0.25, 0.3) is 0 Å². The minimum Gasteiger partial charge on any atom is -0.330 e. The second kappa shape index (κ2) is 23.9. The lowest BCUT2D eigenvalue weighted by atomic mass is 10.0. The molecule has 0 aromatic carbocycles. The van der Waals surface area contributed by atoms with E-state index in [9.17, 15) is 0 Å². The summed E-state index contributed by atoms with van der Waals surface area (Å²) in [6.07, 6.45) is 25.6. The highest BCUT2D eigenvalue weighted by molar-refractivity contribution is 4.62. The molecule has 1 unspecified atom stereocenters. The summed E-state index contributed by atoms with van der Waals surface area (Å²) in [4.78, 5) is 0. The van der Waals surface area contributed by atoms with Crippen LogP contribution >= 0.6 is 0 Å². The van der Waals surface area contributed by atoms with Gasteiger partial charge in [0.05, 0.1) is 6.17 Å². The van der Waals surface area contributed by atoms with Crippen LogP contribution in [0.4, 0.5) is 0 Å². The van der Waals surface area contributed by atoms with Gasteiger partial charge in [0.25, 0.3) is 0 Å². The molecule has 3 heteroatoms. The molecule has 27 heavy (non-hydrogen) atoms. The van der Waals surface area contributed by atoms with Gasteiger partial charge < -0.3 is 16.4 Å². The maximum atomic E-state index is 5.54. The zero-order chi connectivity index (χ0) is 19.8. The molecule has 1 atom stereocenters. The third kappa shape index (κ3) is 22.0. The van der Waals surface area contributed by atoms with Crippen LogP contribution in [-0.2, 0) is 0 Å². The summed E-state index contributed by atoms with van der Waals surface area (Å²) in [5.41, 5.74) is 5.54. The normalized spacial score (nSPS) is 12.6. The molecule has 0 heterocycles. The van der Waals surface area contributed by atoms with Crippen molar-refractivity contribution < 1.29 is 0 Å². The lowest BCUT2D eigenvalue weighted by Gasteiger charge is -2.18. The monoisotopic (exact) mass is 383 g/mol. The maximum Gasteiger partial charge on any atom is 0.0568 e. The topological polar surface area (TPSA) is 50.1 Å². The van der Waals surface area contributed by atoms with Gasteiger partial charge in [-0.15, -0.1) is 0 Å². The first-order chi connectivity index (χ1) is 13.3. The molecule has 0 saturated heterocycles. The molecular weight excluding hydrogens is 330 g/mol. The maximum absolute atomic E-state index is 5.54. The zero-order valence-electron chi connectivity index (χ0n) is 19.0. The molecule has 0 aliphatic rings. The molecule has 0 aromatic rings. The van der Waals surface area contributed by atoms with Gasteiger partial charge in [0, 0.05) is 0 Å². The van der Waals surface area contributed by atoms with Gasteiger partial charge in [-0.1, -0.05) is 110 Å². The average molecular weight is 384 g/mol. The Morgan fingerprint density at radius 1 is 0.519 bits per heavy atom. The van der Waals surface area contributed by atoms with E-state index in [-0.39, 0.29) is 0 Å². The van der Waals surface area contributed by atoms with Crippen molar-refractivity contribution in [3.8, 4) is 0 Å². The summed E-state index contributed by atoms with van der Waals surface area (Å²) < 4.78 is 0. The van der Waals surface area contributed by atoms with E-state index in [1.807, 2.05) is 0 Å². The van der Waals surface area contributed by atoms with Crippen LogP contribution in [0.15, 0.2) is 0 Å². The Labute approximate surface area is 172 Å². The number of nitrogens with one attached hydrogen (secondary N) is 2. The Hall–Kier alpha value is -0.120. The van der Waals surface area contributed by atoms with Gasteiger partial charge in [0.2, 0.25) is 0 Å². The minimum absolute atomic E-state index is 0.466. The molecule has 0 bridgehead atoms. The van der Waals surface area contributed by atoms with E-state index in [2.05, 4.69) is 24.5 Å². The number of nitrogens with two attached hydrogens (primary N) is 1. The molecule has 0 rings (SSSR count). The van der Waals surface area contributed by atoms with Crippen LogP contribution in [-0.4, -0.2) is 25.8 Å². The van der Waals surface area contributed by atoms with Crippen molar-refractivity contribution in [2.75, 3.05) is 19.6 Å². The van der Waals surface area contributed by atoms with Gasteiger partial charge in [-0.3, -0.25) is 0 Å². The molecule has 0 aliphatic heterocycles. The Kier molecular flexibility index (Phi) is 23.8. The van der Waals surface area contributed by atoms with Crippen molar-refractivity contribution in [2.24, 2.45) is 5.73 Å². The van der Waals surface area contributed by atoms with E-state index in [1.54, 1.807) is 0 Å². The number of hydrogen-bond donors (Lipinski definition) is 3. The highest BCUT2D eigenvalue weighted by atomic mass is 15.1. The second-order valence-corrected chi connectivity index (χ2v) is 8.31. The van der Waals surface area contributed by atoms with Crippen LogP contribution in [0.1, 0.15) is 129 Å². The summed E-state index contributed by atoms with van der Waals surface area (Å²) in [5.74, 6) is 0. The smallest absolute Gasteiger partial charge is 0.0568 e. The van der Waals surface area contributed by atoms with Crippen LogP contribution in [0.3, 0.4) is 0 Å². The van der Waals surface area contributed by atoms with Crippen molar-refractivity contribution in [1.82, 2.24) is 10.6 Å². The first-order valence-electron chi connectivity index (χ1n) is 12.5. The molecule has 0 spiro atoms. The Balaban J connectivity index is 3.14. The quantitative estimate of drug-likeness (QED) is 0.139. The molecule has 164 valence electrons. The van der Waals surface area contributed by atoms with E-state index in [1.165, 1.54) is 103 Å². The van der Waals surface area contributed by atoms with Crippen LogP contribution in [0, 0.1) is 0 Å². The van der Waals surface area contributed by atoms with Gasteiger partial charge >= 0.3 is 0 Å². The predicted octanol–water partition coefficient (Wildman–Crippen LogP) is 6.51. The van der Waals surface area contributed by atoms with Crippen LogP contribution in [0.5, 0.6) is 0 Å². The van der Waals surface area contributed by atoms with Crippen molar-refractivity contribution in [1.29, 1.82) is 0 Å². The molecule has 0 radical (unpaired) electrons. The zero-order valence-corrected chi connectivity index (χ0v) is 19.0. The fourth-order valence-corrected chi connectivity index (χ4v) is 3.69. The SMILES string of the molecule is CCCCCCCCCCCCCCCCCCNC(CC)NCCCN. The Morgan fingerprint density at radius 3 is 1.26 bits per heavy atom. The number of unbranched alkanes of at least 4 members (excludes halogenated alkanes) is 15. The molecule has 4 N–H and O–H groups in total. The van der Waals surface area contributed by atoms with E-state index in [0.717, 1.165) is 32.5 Å². The van der Waals surface area contributed by atoms with Gasteiger partial charge in [-0.2, -0.15) is 0 Å². The first kappa shape index (κ1) is 26.9. The predicted molar refractivity (Wildman–Crippen MR) is 123 cm³/mol. The summed E-state index contributed by atoms with van der Waals surface area (Å²) >= 11 is 0. The highest BCUT2D eigenvalue weighted by Crippen LogP contribution is 2.13. The average Bonchev–Trinajstić information content (AvgIpc) is 2.69. The summed E-state index contributed by atoms with van der Waals surface area (Å²) in [5, 5.41) is 7.16. The molecule has 0 fully saturated rings. The molecule has 0 aromatic heterocycles. The van der Waals surface area contributed by atoms with Crippen molar-refractivity contribution in [3.63, 3.8) is 0 Å². The minimum atomic E-state index is 0.466. The van der Waals surface area contributed by atoms with Gasteiger partial charge in [0.15, 0.2) is 0 Å². The largest absolute Gasteiger partial charge is 0.330 e. The molecule has 0 amide bonds. The Morgan fingerprint density at radius 2 is 0.889 bits per heavy atom. The van der Waals surface area contributed by atoms with E-state index in [0.29, 0.717) is 6.17 Å². The number of hydrogen-bond acceptors (Lipinski definition) is 3. The van der Waals surface area contributed by atoms with Gasteiger partial charge in [-0.25, -0.2) is 0 Å². The molecule has 0 aliphatic carbocycles. The van der Waals surface area contributed by atoms with Gasteiger partial charge in [-0.05, 0) is 38.9 Å². The number of rotatable bonds is 23. The second-order valence-electron chi connectivity index (χ2n) is 8.31. The van der Waals surface area contributed by atoms with Crippen molar-refractivity contribution >= 4 is 0 Å². The molecule has 0 saturated carbocycles. The third-order valence-corrected chi connectivity index (χ3v) is 5.60. The summed E-state index contributed by atoms with van der Waals surface area (Å²) in [6.45, 7) is 7.49. The fraction of sp³-hybridized carbons (Fsp3) is 1.00. The molecular formula is C24H53N3. The van der Waals surface area contributed by atoms with Gasteiger partial charge in [0.1, 0.15) is 0 Å². The van der Waals surface area contributed by atoms with Crippen LogP contribution < -0.4 is 16.4 Å². The van der Waals surface area contributed by atoms with E-state index in [4.69, 9.17) is 5.73 Å². The third-order valence-electron chi connectivity index (χ3n) is 5.60. The Bertz CT molecular complexity index is 258. The van der Waals surface area contributed by atoms with Crippen LogP contribution in [0.2, 0.25) is 0 Å². The summed E-state index contributed by atoms with van der Waals surface area (Å²) in [6, 6.07) is 0. The fourth-order valence-electron chi connectivity index (χ4n) is 3.69. The highest BCUT2D eigenvalue weighted by Gasteiger charge is 2.02.